The molecule has 18 nitrogen and oxygen atoms in total. The van der Waals surface area contributed by atoms with Crippen molar-refractivity contribution in [3.05, 3.63) is 187 Å². The van der Waals surface area contributed by atoms with E-state index in [1.54, 1.807) is 14.2 Å². The first-order valence-electron chi connectivity index (χ1n) is 37.9. The van der Waals surface area contributed by atoms with E-state index in [0.717, 1.165) is 192 Å². The van der Waals surface area contributed by atoms with Crippen molar-refractivity contribution in [2.24, 2.45) is 0 Å². The zero-order valence-electron chi connectivity index (χ0n) is 62.2. The first-order chi connectivity index (χ1) is 51.9. The Morgan fingerprint density at radius 2 is 0.519 bits per heavy atom. The van der Waals surface area contributed by atoms with E-state index in [9.17, 15) is 0 Å². The quantitative estimate of drug-likeness (QED) is 0.0367. The molecule has 8 saturated heterocycles. The summed E-state index contributed by atoms with van der Waals surface area (Å²) in [6.07, 6.45) is 17.3. The first kappa shape index (κ1) is 70.4. The maximum atomic E-state index is 6.37. The molecule has 8 aromatic rings. The normalized spacial score (nSPS) is 23.1. The molecule has 8 aliphatic heterocycles. The summed E-state index contributed by atoms with van der Waals surface area (Å²) in [5, 5.41) is 9.02. The number of benzene rings is 8. The third-order valence-electron chi connectivity index (χ3n) is 21.4. The Kier molecular flexibility index (Phi) is 20.3. The maximum absolute atomic E-state index is 6.37. The van der Waals surface area contributed by atoms with Crippen LogP contribution in [0.4, 0.5) is 0 Å². The molecular weight excluding hydrogens is 1340 g/mol. The van der Waals surface area contributed by atoms with E-state index in [2.05, 4.69) is 127 Å². The lowest BCUT2D eigenvalue weighted by atomic mass is 9.86. The predicted octanol–water partition coefficient (Wildman–Crippen LogP) is 14.2. The van der Waals surface area contributed by atoms with E-state index < -0.39 is 0 Å². The van der Waals surface area contributed by atoms with Crippen molar-refractivity contribution in [3.63, 3.8) is 0 Å². The summed E-state index contributed by atoms with van der Waals surface area (Å²) in [5.74, 6) is 9.79. The smallest absolute Gasteiger partial charge is 0.131 e. The van der Waals surface area contributed by atoms with Crippen LogP contribution in [0.2, 0.25) is 0 Å². The van der Waals surface area contributed by atoms with Gasteiger partial charge in [-0.05, 0) is 115 Å². The second-order valence-corrected chi connectivity index (χ2v) is 30.1. The highest BCUT2D eigenvalue weighted by atomic mass is 16.6. The summed E-state index contributed by atoms with van der Waals surface area (Å²) >= 11 is 0. The van der Waals surface area contributed by atoms with Gasteiger partial charge >= 0.3 is 0 Å². The minimum absolute atomic E-state index is 0.209. The summed E-state index contributed by atoms with van der Waals surface area (Å²) < 4.78 is 104. The highest BCUT2D eigenvalue weighted by Gasteiger charge is 2.36. The molecule has 18 heteroatoms. The lowest BCUT2D eigenvalue weighted by Gasteiger charge is -2.26. The SMILES string of the molecule is CC1=CCc2c(c(OCC3CO3)c3c(C)cc(C)cc3c2OCC2CO2)C1.CC1=CCc2c(c(OCC3CO3)c3ccccc3c2OCC2CO2)C1.COC1=CCc2c(c(OCC3CO3)c3c(C)cc(C)cc3c2OCC2CO2)C1.COC1=CCc2c(c(OCC3CO3)c3ccccc3c2OCC2CO2)C1. The van der Waals surface area contributed by atoms with Gasteiger partial charge < -0.3 is 85.3 Å². The van der Waals surface area contributed by atoms with Gasteiger partial charge in [0.05, 0.1) is 78.6 Å². The minimum atomic E-state index is 0.209. The number of epoxide rings is 8. The fourth-order valence-corrected chi connectivity index (χ4v) is 15.2. The van der Waals surface area contributed by atoms with Crippen LogP contribution in [0.25, 0.3) is 43.1 Å². The lowest BCUT2D eigenvalue weighted by molar-refractivity contribution is 0.252. The van der Waals surface area contributed by atoms with E-state index in [-0.39, 0.29) is 48.8 Å². The Morgan fingerprint density at radius 1 is 0.283 bits per heavy atom. The van der Waals surface area contributed by atoms with Crippen LogP contribution in [0.5, 0.6) is 46.0 Å². The molecule has 0 N–H and O–H groups in total. The average Bonchev–Trinajstić information content (AvgIpc) is 1.64. The minimum Gasteiger partial charge on any atom is -0.501 e. The van der Waals surface area contributed by atoms with Crippen LogP contribution in [-0.4, -0.2) is 169 Å². The van der Waals surface area contributed by atoms with Gasteiger partial charge in [-0.1, -0.05) is 95.1 Å². The predicted molar refractivity (Wildman–Crippen MR) is 404 cm³/mol. The molecule has 556 valence electrons. The van der Waals surface area contributed by atoms with Gasteiger partial charge in [0.2, 0.25) is 0 Å². The van der Waals surface area contributed by atoms with Crippen molar-refractivity contribution in [2.45, 2.75) is 142 Å². The highest BCUT2D eigenvalue weighted by molar-refractivity contribution is 6.01. The summed E-state index contributed by atoms with van der Waals surface area (Å²) in [6, 6.07) is 25.6. The summed E-state index contributed by atoms with van der Waals surface area (Å²) in [5.41, 5.74) is 17.5. The van der Waals surface area contributed by atoms with Gasteiger partial charge in [0.15, 0.2) is 0 Å². The Labute approximate surface area is 619 Å². The van der Waals surface area contributed by atoms with Crippen molar-refractivity contribution >= 4 is 43.1 Å². The van der Waals surface area contributed by atoms with Crippen molar-refractivity contribution < 1.29 is 85.3 Å². The van der Waals surface area contributed by atoms with E-state index in [0.29, 0.717) is 65.7 Å². The molecule has 12 aliphatic rings. The molecular formula is C88H96O18. The third-order valence-corrected chi connectivity index (χ3v) is 21.4. The second-order valence-electron chi connectivity index (χ2n) is 30.1. The molecule has 0 amide bonds. The van der Waals surface area contributed by atoms with Crippen LogP contribution in [-0.2, 0) is 98.7 Å². The van der Waals surface area contributed by atoms with Crippen LogP contribution < -0.4 is 37.9 Å². The van der Waals surface area contributed by atoms with Gasteiger partial charge in [0.1, 0.15) is 148 Å². The van der Waals surface area contributed by atoms with E-state index in [4.69, 9.17) is 85.3 Å². The topological polar surface area (TPSA) is 193 Å². The molecule has 0 aromatic heterocycles. The van der Waals surface area contributed by atoms with Crippen molar-refractivity contribution in [1.29, 1.82) is 0 Å². The summed E-state index contributed by atoms with van der Waals surface area (Å²) in [6.45, 7) is 24.1. The Morgan fingerprint density at radius 3 is 0.802 bits per heavy atom. The van der Waals surface area contributed by atoms with Crippen LogP contribution in [0.1, 0.15) is 80.6 Å². The van der Waals surface area contributed by atoms with Gasteiger partial charge in [0.25, 0.3) is 0 Å². The monoisotopic (exact) mass is 1440 g/mol. The molecule has 8 heterocycles. The zero-order valence-corrected chi connectivity index (χ0v) is 62.2. The molecule has 8 atom stereocenters. The zero-order chi connectivity index (χ0) is 72.1. The molecule has 0 bridgehead atoms. The number of hydrogen-bond acceptors (Lipinski definition) is 18. The van der Waals surface area contributed by atoms with Gasteiger partial charge in [-0.3, -0.25) is 0 Å². The van der Waals surface area contributed by atoms with Crippen molar-refractivity contribution in [3.8, 4) is 46.0 Å². The van der Waals surface area contributed by atoms with Crippen LogP contribution in [0.15, 0.2) is 120 Å². The fraction of sp³-hybridized carbons (Fsp3) is 0.455. The van der Waals surface area contributed by atoms with Crippen molar-refractivity contribution in [1.82, 2.24) is 0 Å². The third kappa shape index (κ3) is 16.2. The molecule has 4 aliphatic carbocycles. The van der Waals surface area contributed by atoms with Gasteiger partial charge in [-0.2, -0.15) is 0 Å². The standard InChI is InChI=1S/C23H26O5.C23H26O4.C21H22O5.C21H22O4/c1-13-6-14(2)21-20(7-13)22(27-11-16-9-25-16)18-5-4-15(24-3)8-19(18)23(21)28-12-17-10-26-17;1-13-4-5-18-19(7-13)23(27-12-17-10-25-17)21-15(3)6-14(2)8-20(21)22(18)26-11-16-9-24-16;1-22-13-6-7-18-19(8-13)21(26-12-15-10-24-15)17-5-3-2-4-16(17)20(18)25-11-14-9-23-14;1-13-6-7-18-19(8-13)21(25-12-15-10-23-15)17-5-3-2-4-16(17)20(18)24-11-14-9-22-14/h4,6-7,16-17H,5,8-12H2,1-3H3;4,6,8,16-17H,5,7,9-12H2,1-3H3;2-6,14-15H,7-12H2,1H3;2-6,14-15H,7-12H2,1H3. The average molecular weight is 1440 g/mol. The molecule has 106 heavy (non-hydrogen) atoms. The van der Waals surface area contributed by atoms with E-state index in [1.807, 2.05) is 12.1 Å². The molecule has 8 aromatic carbocycles. The number of hydrogen-bond donors (Lipinski definition) is 0. The number of methoxy groups -OCH3 is 2. The number of aryl methyl sites for hydroxylation is 4. The number of ether oxygens (including phenoxy) is 18. The Hall–Kier alpha value is -8.56. The van der Waals surface area contributed by atoms with Gasteiger partial charge in [-0.25, -0.2) is 0 Å². The Bertz CT molecular complexity index is 4800. The fourth-order valence-electron chi connectivity index (χ4n) is 15.2. The molecule has 8 unspecified atom stereocenters. The number of rotatable bonds is 26. The van der Waals surface area contributed by atoms with E-state index in [1.165, 1.54) is 77.7 Å². The summed E-state index contributed by atoms with van der Waals surface area (Å²) in [4.78, 5) is 0. The molecule has 0 spiro atoms. The van der Waals surface area contributed by atoms with Crippen LogP contribution in [0.3, 0.4) is 0 Å². The number of allylic oxidation sites excluding steroid dienone is 8. The van der Waals surface area contributed by atoms with Crippen LogP contribution >= 0.6 is 0 Å². The second kappa shape index (κ2) is 30.6. The molecule has 8 fully saturated rings. The largest absolute Gasteiger partial charge is 0.501 e. The van der Waals surface area contributed by atoms with Crippen molar-refractivity contribution in [2.75, 3.05) is 120 Å². The number of fused-ring (bicyclic) bond motifs is 8. The highest BCUT2D eigenvalue weighted by Crippen LogP contribution is 2.51. The molecule has 0 radical (unpaired) electrons. The van der Waals surface area contributed by atoms with Crippen LogP contribution in [0, 0.1) is 27.7 Å². The Balaban J connectivity index is 0.000000104. The molecule has 20 rings (SSSR count). The molecule has 0 saturated carbocycles. The van der Waals surface area contributed by atoms with E-state index >= 15 is 0 Å². The summed E-state index contributed by atoms with van der Waals surface area (Å²) in [7, 11) is 3.45. The lowest BCUT2D eigenvalue weighted by Crippen LogP contribution is -2.15. The first-order valence-corrected chi connectivity index (χ1v) is 37.9. The van der Waals surface area contributed by atoms with Gasteiger partial charge in [0, 0.05) is 100 Å². The van der Waals surface area contributed by atoms with Gasteiger partial charge in [-0.15, -0.1) is 0 Å². The maximum Gasteiger partial charge on any atom is 0.131 e.